The molecule has 1 aliphatic rings. The number of nitrogens with zero attached hydrogens (tertiary/aromatic N) is 5. The predicted octanol–water partition coefficient (Wildman–Crippen LogP) is 4.25. The van der Waals surface area contributed by atoms with Crippen LogP contribution < -0.4 is 16.0 Å². The summed E-state index contributed by atoms with van der Waals surface area (Å²) in [5, 5.41) is 26.3. The van der Waals surface area contributed by atoms with Gasteiger partial charge in [0.2, 0.25) is 0 Å². The summed E-state index contributed by atoms with van der Waals surface area (Å²) >= 11 is 0. The molecule has 196 valence electrons. The largest absolute Gasteiger partial charge is 0.465 e. The summed E-state index contributed by atoms with van der Waals surface area (Å²) in [6.07, 6.45) is 3.83. The minimum absolute atomic E-state index is 0.00144. The van der Waals surface area contributed by atoms with Gasteiger partial charge in [-0.1, -0.05) is 20.8 Å². The zero-order valence-electron chi connectivity index (χ0n) is 21.6. The van der Waals surface area contributed by atoms with Gasteiger partial charge in [0.25, 0.3) is 0 Å². The van der Waals surface area contributed by atoms with Gasteiger partial charge in [-0.3, -0.25) is 4.98 Å². The molecular formula is C25H32FN7O3Si. The summed E-state index contributed by atoms with van der Waals surface area (Å²) in [4.78, 5) is 17.4. The first-order valence-electron chi connectivity index (χ1n) is 12.0. The van der Waals surface area contributed by atoms with Crippen molar-refractivity contribution in [3.8, 4) is 11.8 Å². The number of amides is 1. The van der Waals surface area contributed by atoms with E-state index in [9.17, 15) is 15.2 Å². The van der Waals surface area contributed by atoms with Gasteiger partial charge in [0, 0.05) is 30.4 Å². The van der Waals surface area contributed by atoms with Crippen molar-refractivity contribution in [3.05, 3.63) is 42.1 Å². The number of nitrogen functional groups attached to an aromatic ring is 1. The zero-order valence-corrected chi connectivity index (χ0v) is 22.6. The van der Waals surface area contributed by atoms with E-state index in [2.05, 4.69) is 55.3 Å². The first-order valence-corrected chi connectivity index (χ1v) is 14.9. The molecule has 2 atom stereocenters. The average molecular weight is 526 g/mol. The maximum absolute atomic E-state index is 15.3. The van der Waals surface area contributed by atoms with E-state index in [1.807, 2.05) is 4.90 Å². The number of nitriles is 1. The maximum atomic E-state index is 15.3. The molecule has 10 nitrogen and oxygen atoms in total. The molecule has 0 radical (unpaired) electrons. The summed E-state index contributed by atoms with van der Waals surface area (Å²) in [6, 6.07) is 4.36. The summed E-state index contributed by atoms with van der Waals surface area (Å²) in [6.45, 7) is 11.5. The van der Waals surface area contributed by atoms with E-state index < -0.39 is 20.2 Å². The second-order valence-corrected chi connectivity index (χ2v) is 15.7. The van der Waals surface area contributed by atoms with Crippen molar-refractivity contribution in [2.75, 3.05) is 23.8 Å². The van der Waals surface area contributed by atoms with E-state index in [1.54, 1.807) is 6.07 Å². The van der Waals surface area contributed by atoms with Crippen LogP contribution in [0.5, 0.6) is 0 Å². The van der Waals surface area contributed by atoms with Gasteiger partial charge in [0.05, 0.1) is 47.5 Å². The molecule has 1 aromatic carbocycles. The monoisotopic (exact) mass is 525 g/mol. The lowest BCUT2D eigenvalue weighted by Gasteiger charge is -2.38. The predicted molar refractivity (Wildman–Crippen MR) is 142 cm³/mol. The molecule has 3 heterocycles. The molecule has 37 heavy (non-hydrogen) atoms. The molecule has 1 saturated heterocycles. The van der Waals surface area contributed by atoms with Crippen molar-refractivity contribution in [1.82, 2.24) is 20.1 Å². The smallest absolute Gasteiger partial charge is 0.404 e. The number of pyridine rings is 1. The highest BCUT2D eigenvalue weighted by Crippen LogP contribution is 2.41. The van der Waals surface area contributed by atoms with Gasteiger partial charge in [-0.15, -0.1) is 0 Å². The van der Waals surface area contributed by atoms with E-state index in [4.69, 9.17) is 10.2 Å². The van der Waals surface area contributed by atoms with Crippen molar-refractivity contribution in [1.29, 1.82) is 5.26 Å². The maximum Gasteiger partial charge on any atom is 0.404 e. The number of hydrogen-bond acceptors (Lipinski definition) is 7. The second kappa shape index (κ2) is 9.64. The van der Waals surface area contributed by atoms with Crippen LogP contribution in [-0.4, -0.2) is 59.5 Å². The summed E-state index contributed by atoms with van der Waals surface area (Å²) < 4.78 is 23.2. The van der Waals surface area contributed by atoms with Gasteiger partial charge < -0.3 is 25.5 Å². The Bertz CT molecular complexity index is 1380. The van der Waals surface area contributed by atoms with Crippen LogP contribution >= 0.6 is 0 Å². The zero-order chi connectivity index (χ0) is 27.1. The topological polar surface area (TPSA) is 142 Å². The third kappa shape index (κ3) is 4.97. The van der Waals surface area contributed by atoms with Gasteiger partial charge in [-0.2, -0.15) is 10.4 Å². The fourth-order valence-corrected chi connectivity index (χ4v) is 5.53. The lowest BCUT2D eigenvalue weighted by atomic mass is 10.1. The van der Waals surface area contributed by atoms with Gasteiger partial charge in [-0.25, -0.2) is 13.9 Å². The number of benzene rings is 1. The summed E-state index contributed by atoms with van der Waals surface area (Å²) in [5.41, 5.74) is 7.98. The first-order chi connectivity index (χ1) is 17.3. The number of anilines is 2. The molecule has 3 aromatic rings. The standard InChI is InChI=1S/C25H32FN7O3Si/c1-25(2,3)37(4,5)36-14-17-8-16(31-24(34)35)13-32(17)23-18-12-30-33(22(18)19(26)9-20(23)28)21-6-7-29-11-15(21)10-27/h6-7,9,11-12,16-17,31H,8,13-14,28H2,1-5H3,(H,34,35)/t16-,17-/m0/s1. The fourth-order valence-electron chi connectivity index (χ4n) is 4.49. The summed E-state index contributed by atoms with van der Waals surface area (Å²) in [5.74, 6) is -0.581. The number of nitrogens with one attached hydrogen (secondary N) is 1. The van der Waals surface area contributed by atoms with E-state index in [0.29, 0.717) is 36.3 Å². The Balaban J connectivity index is 1.80. The average Bonchev–Trinajstić information content (AvgIpc) is 3.41. The number of rotatable bonds is 6. The third-order valence-corrected chi connectivity index (χ3v) is 11.9. The molecule has 4 rings (SSSR count). The number of carbonyl (C=O) groups is 1. The molecule has 1 fully saturated rings. The van der Waals surface area contributed by atoms with E-state index in [1.165, 1.54) is 29.3 Å². The minimum atomic E-state index is -2.09. The van der Waals surface area contributed by atoms with Crippen LogP contribution in [0.2, 0.25) is 18.1 Å². The van der Waals surface area contributed by atoms with E-state index in [-0.39, 0.29) is 33.9 Å². The molecule has 0 bridgehead atoms. The molecule has 1 amide bonds. The second-order valence-electron chi connectivity index (χ2n) is 10.9. The number of carboxylic acid groups (broad SMARTS) is 1. The number of hydrogen-bond donors (Lipinski definition) is 3. The molecule has 12 heteroatoms. The molecule has 1 aliphatic heterocycles. The van der Waals surface area contributed by atoms with Crippen LogP contribution in [0, 0.1) is 17.1 Å². The third-order valence-electron chi connectivity index (χ3n) is 7.42. The summed E-state index contributed by atoms with van der Waals surface area (Å²) in [7, 11) is -2.09. The first kappa shape index (κ1) is 26.4. The Morgan fingerprint density at radius 3 is 2.78 bits per heavy atom. The SMILES string of the molecule is CC(C)(C)[Si](C)(C)OC[C@@H]1C[C@H](NC(=O)O)CN1c1c(N)cc(F)c2c1cnn2-c1ccncc1C#N. The quantitative estimate of drug-likeness (QED) is 0.320. The number of fused-ring (bicyclic) bond motifs is 1. The molecule has 0 spiro atoms. The molecule has 0 unspecified atom stereocenters. The van der Waals surface area contributed by atoms with Crippen LogP contribution in [0.25, 0.3) is 16.6 Å². The minimum Gasteiger partial charge on any atom is -0.465 e. The molecule has 0 saturated carbocycles. The van der Waals surface area contributed by atoms with Crippen LogP contribution in [0.3, 0.4) is 0 Å². The number of halogens is 1. The molecule has 0 aliphatic carbocycles. The Labute approximate surface area is 216 Å². The van der Waals surface area contributed by atoms with E-state index >= 15 is 4.39 Å². The van der Waals surface area contributed by atoms with Gasteiger partial charge in [-0.05, 0) is 30.6 Å². The Hall–Kier alpha value is -3.69. The van der Waals surface area contributed by atoms with Crippen LogP contribution in [0.1, 0.15) is 32.8 Å². The lowest BCUT2D eigenvalue weighted by Crippen LogP contribution is -2.45. The van der Waals surface area contributed by atoms with E-state index in [0.717, 1.165) is 0 Å². The van der Waals surface area contributed by atoms with Crippen molar-refractivity contribution >= 4 is 36.7 Å². The van der Waals surface area contributed by atoms with Crippen molar-refractivity contribution in [2.24, 2.45) is 0 Å². The highest BCUT2D eigenvalue weighted by Gasteiger charge is 2.41. The van der Waals surface area contributed by atoms with Crippen LogP contribution in [-0.2, 0) is 4.43 Å². The van der Waals surface area contributed by atoms with Crippen molar-refractivity contribution in [3.63, 3.8) is 0 Å². The lowest BCUT2D eigenvalue weighted by molar-refractivity contribution is 0.190. The molecular weight excluding hydrogens is 493 g/mol. The Kier molecular flexibility index (Phi) is 6.87. The normalized spacial score (nSPS) is 18.2. The van der Waals surface area contributed by atoms with Crippen molar-refractivity contribution < 1.29 is 18.7 Å². The van der Waals surface area contributed by atoms with Gasteiger partial charge in [0.15, 0.2) is 14.1 Å². The van der Waals surface area contributed by atoms with Crippen LogP contribution in [0.15, 0.2) is 30.7 Å². The van der Waals surface area contributed by atoms with Gasteiger partial charge in [0.1, 0.15) is 11.6 Å². The van der Waals surface area contributed by atoms with Crippen molar-refractivity contribution in [2.45, 2.75) is 57.4 Å². The Morgan fingerprint density at radius 2 is 2.14 bits per heavy atom. The molecule has 2 aromatic heterocycles. The molecule has 4 N–H and O–H groups in total. The number of aromatic nitrogens is 3. The fraction of sp³-hybridized carbons (Fsp3) is 0.440. The Morgan fingerprint density at radius 1 is 1.41 bits per heavy atom. The van der Waals surface area contributed by atoms with Crippen LogP contribution in [0.4, 0.5) is 20.6 Å². The highest BCUT2D eigenvalue weighted by molar-refractivity contribution is 6.74. The van der Waals surface area contributed by atoms with Gasteiger partial charge >= 0.3 is 6.09 Å². The highest BCUT2D eigenvalue weighted by atomic mass is 28.4. The number of nitrogens with two attached hydrogens (primary N) is 1.